The topological polar surface area (TPSA) is 12.9 Å². The summed E-state index contributed by atoms with van der Waals surface area (Å²) >= 11 is 9.36. The molecule has 2 aromatic rings. The van der Waals surface area contributed by atoms with Gasteiger partial charge in [-0.05, 0) is 17.7 Å². The minimum absolute atomic E-state index is 0.533. The van der Waals surface area contributed by atoms with E-state index in [1.165, 1.54) is 0 Å². The van der Waals surface area contributed by atoms with Crippen LogP contribution in [0, 0.1) is 0 Å². The highest BCUT2D eigenvalue weighted by molar-refractivity contribution is 9.08. The summed E-state index contributed by atoms with van der Waals surface area (Å²) in [4.78, 5) is 4.30. The van der Waals surface area contributed by atoms with E-state index in [2.05, 4.69) is 20.9 Å². The molecule has 1 aromatic heterocycles. The van der Waals surface area contributed by atoms with Crippen LogP contribution in [0.15, 0.2) is 42.5 Å². The standard InChI is InChI=1S/C12H9BrClN/c13-8-9-6-11(15-12(14)7-9)10-4-2-1-3-5-10/h1-7H,8H2. The van der Waals surface area contributed by atoms with Gasteiger partial charge in [-0.25, -0.2) is 4.98 Å². The zero-order chi connectivity index (χ0) is 10.7. The first-order valence-corrected chi connectivity index (χ1v) is 6.07. The molecule has 0 aliphatic heterocycles. The number of nitrogens with zero attached hydrogens (tertiary/aromatic N) is 1. The van der Waals surface area contributed by atoms with Crippen molar-refractivity contribution in [3.8, 4) is 11.3 Å². The van der Waals surface area contributed by atoms with E-state index in [1.54, 1.807) is 0 Å². The van der Waals surface area contributed by atoms with E-state index in [-0.39, 0.29) is 0 Å². The number of benzene rings is 1. The Kier molecular flexibility index (Phi) is 3.39. The average Bonchev–Trinajstić information content (AvgIpc) is 2.29. The number of pyridine rings is 1. The van der Waals surface area contributed by atoms with Gasteiger partial charge in [0.1, 0.15) is 5.15 Å². The fourth-order valence-electron chi connectivity index (χ4n) is 1.38. The Morgan fingerprint density at radius 3 is 2.53 bits per heavy atom. The molecule has 0 bridgehead atoms. The maximum absolute atomic E-state index is 5.95. The highest BCUT2D eigenvalue weighted by Crippen LogP contribution is 2.22. The van der Waals surface area contributed by atoms with E-state index in [1.807, 2.05) is 42.5 Å². The van der Waals surface area contributed by atoms with Crippen LogP contribution in [0.3, 0.4) is 0 Å². The van der Waals surface area contributed by atoms with Crippen LogP contribution >= 0.6 is 27.5 Å². The van der Waals surface area contributed by atoms with Crippen molar-refractivity contribution >= 4 is 27.5 Å². The van der Waals surface area contributed by atoms with Gasteiger partial charge in [-0.3, -0.25) is 0 Å². The summed E-state index contributed by atoms with van der Waals surface area (Å²) in [6.45, 7) is 0. The van der Waals surface area contributed by atoms with E-state index in [0.717, 1.165) is 22.2 Å². The first-order valence-electron chi connectivity index (χ1n) is 4.57. The molecule has 1 heterocycles. The van der Waals surface area contributed by atoms with Gasteiger partial charge in [-0.2, -0.15) is 0 Å². The van der Waals surface area contributed by atoms with Crippen LogP contribution in [-0.4, -0.2) is 4.98 Å². The van der Waals surface area contributed by atoms with Gasteiger partial charge in [-0.1, -0.05) is 57.9 Å². The lowest BCUT2D eigenvalue weighted by Gasteiger charge is -2.03. The van der Waals surface area contributed by atoms with Crippen molar-refractivity contribution in [2.75, 3.05) is 0 Å². The SMILES string of the molecule is Clc1cc(CBr)cc(-c2ccccc2)n1. The molecule has 15 heavy (non-hydrogen) atoms. The van der Waals surface area contributed by atoms with E-state index in [0.29, 0.717) is 5.15 Å². The number of halogens is 2. The summed E-state index contributed by atoms with van der Waals surface area (Å²) in [6, 6.07) is 13.9. The number of hydrogen-bond acceptors (Lipinski definition) is 1. The summed E-state index contributed by atoms with van der Waals surface area (Å²) in [5.41, 5.74) is 3.13. The second-order valence-electron chi connectivity index (χ2n) is 3.18. The molecule has 0 saturated carbocycles. The van der Waals surface area contributed by atoms with Gasteiger partial charge in [0.2, 0.25) is 0 Å². The number of alkyl halides is 1. The Labute approximate surface area is 102 Å². The van der Waals surface area contributed by atoms with Crippen molar-refractivity contribution < 1.29 is 0 Å². The molecule has 0 fully saturated rings. The third-order valence-corrected chi connectivity index (χ3v) is 2.92. The number of hydrogen-bond donors (Lipinski definition) is 0. The molecule has 0 amide bonds. The van der Waals surface area contributed by atoms with Crippen molar-refractivity contribution in [1.29, 1.82) is 0 Å². The zero-order valence-electron chi connectivity index (χ0n) is 7.95. The minimum Gasteiger partial charge on any atom is -0.236 e. The summed E-state index contributed by atoms with van der Waals surface area (Å²) < 4.78 is 0. The van der Waals surface area contributed by atoms with Crippen LogP contribution in [0.4, 0.5) is 0 Å². The largest absolute Gasteiger partial charge is 0.236 e. The quantitative estimate of drug-likeness (QED) is 0.591. The molecule has 0 spiro atoms. The molecule has 0 N–H and O–H groups in total. The van der Waals surface area contributed by atoms with Gasteiger partial charge in [0.15, 0.2) is 0 Å². The van der Waals surface area contributed by atoms with Gasteiger partial charge >= 0.3 is 0 Å². The summed E-state index contributed by atoms with van der Waals surface area (Å²) in [7, 11) is 0. The van der Waals surface area contributed by atoms with E-state index >= 15 is 0 Å². The van der Waals surface area contributed by atoms with Crippen molar-refractivity contribution in [2.45, 2.75) is 5.33 Å². The first kappa shape index (κ1) is 10.7. The zero-order valence-corrected chi connectivity index (χ0v) is 10.3. The molecular weight excluding hydrogens is 273 g/mol. The molecule has 0 radical (unpaired) electrons. The van der Waals surface area contributed by atoms with E-state index < -0.39 is 0 Å². The van der Waals surface area contributed by atoms with E-state index in [4.69, 9.17) is 11.6 Å². The Morgan fingerprint density at radius 2 is 1.87 bits per heavy atom. The second kappa shape index (κ2) is 4.77. The molecule has 0 atom stereocenters. The van der Waals surface area contributed by atoms with Gasteiger partial charge in [-0.15, -0.1) is 0 Å². The summed E-state index contributed by atoms with van der Waals surface area (Å²) in [6.07, 6.45) is 0. The summed E-state index contributed by atoms with van der Waals surface area (Å²) in [5.74, 6) is 0. The molecule has 1 nitrogen and oxygen atoms in total. The fourth-order valence-corrected chi connectivity index (χ4v) is 1.94. The molecular formula is C12H9BrClN. The minimum atomic E-state index is 0.533. The molecule has 0 saturated heterocycles. The van der Waals surface area contributed by atoms with Crippen molar-refractivity contribution in [3.05, 3.63) is 53.2 Å². The van der Waals surface area contributed by atoms with E-state index in [9.17, 15) is 0 Å². The first-order chi connectivity index (χ1) is 7.29. The molecule has 1 aromatic carbocycles. The molecule has 3 heteroatoms. The molecule has 2 rings (SSSR count). The molecule has 0 unspecified atom stereocenters. The van der Waals surface area contributed by atoms with Gasteiger partial charge < -0.3 is 0 Å². The normalized spacial score (nSPS) is 10.3. The van der Waals surface area contributed by atoms with Gasteiger partial charge in [0.25, 0.3) is 0 Å². The second-order valence-corrected chi connectivity index (χ2v) is 4.13. The average molecular weight is 283 g/mol. The number of rotatable bonds is 2. The molecule has 76 valence electrons. The lowest BCUT2D eigenvalue weighted by molar-refractivity contribution is 1.28. The maximum Gasteiger partial charge on any atom is 0.130 e. The Balaban J connectivity index is 2.49. The van der Waals surface area contributed by atoms with Gasteiger partial charge in [0.05, 0.1) is 5.69 Å². The van der Waals surface area contributed by atoms with Crippen LogP contribution in [-0.2, 0) is 5.33 Å². The van der Waals surface area contributed by atoms with Crippen LogP contribution in [0.25, 0.3) is 11.3 Å². The van der Waals surface area contributed by atoms with Crippen LogP contribution in [0.5, 0.6) is 0 Å². The Morgan fingerprint density at radius 1 is 1.13 bits per heavy atom. The smallest absolute Gasteiger partial charge is 0.130 e. The maximum atomic E-state index is 5.95. The lowest BCUT2D eigenvalue weighted by Crippen LogP contribution is -1.87. The molecule has 0 aliphatic carbocycles. The highest BCUT2D eigenvalue weighted by atomic mass is 79.9. The van der Waals surface area contributed by atoms with Crippen LogP contribution in [0.2, 0.25) is 5.15 Å². The third kappa shape index (κ3) is 2.58. The van der Waals surface area contributed by atoms with Crippen molar-refractivity contribution in [2.24, 2.45) is 0 Å². The fraction of sp³-hybridized carbons (Fsp3) is 0.0833. The Hall–Kier alpha value is -0.860. The molecule has 0 aliphatic rings. The Bertz CT molecular complexity index is 456. The summed E-state index contributed by atoms with van der Waals surface area (Å²) in [5, 5.41) is 1.32. The highest BCUT2D eigenvalue weighted by Gasteiger charge is 2.02. The lowest BCUT2D eigenvalue weighted by atomic mass is 10.1. The predicted octanol–water partition coefficient (Wildman–Crippen LogP) is 4.30. The van der Waals surface area contributed by atoms with Crippen LogP contribution in [0.1, 0.15) is 5.56 Å². The van der Waals surface area contributed by atoms with Gasteiger partial charge in [0, 0.05) is 10.9 Å². The van der Waals surface area contributed by atoms with Crippen molar-refractivity contribution in [1.82, 2.24) is 4.98 Å². The monoisotopic (exact) mass is 281 g/mol. The van der Waals surface area contributed by atoms with Crippen molar-refractivity contribution in [3.63, 3.8) is 0 Å². The van der Waals surface area contributed by atoms with Crippen LogP contribution < -0.4 is 0 Å². The number of aromatic nitrogens is 1. The third-order valence-electron chi connectivity index (χ3n) is 2.08. The predicted molar refractivity (Wildman–Crippen MR) is 67.3 cm³/mol.